The molecule has 0 unspecified atom stereocenters. The van der Waals surface area contributed by atoms with E-state index < -0.39 is 0 Å². The molecule has 0 aliphatic heterocycles. The van der Waals surface area contributed by atoms with E-state index in [4.69, 9.17) is 0 Å². The van der Waals surface area contributed by atoms with Gasteiger partial charge in [0, 0.05) is 5.56 Å². The predicted molar refractivity (Wildman–Crippen MR) is 40.7 cm³/mol. The number of hydrogen-bond donors (Lipinski definition) is 0. The van der Waals surface area contributed by atoms with Gasteiger partial charge in [0.2, 0.25) is 0 Å². The maximum Gasteiger partial charge on any atom is 1.00 e. The molecule has 10 heavy (non-hydrogen) atoms. The third kappa shape index (κ3) is 3.72. The van der Waals surface area contributed by atoms with Gasteiger partial charge in [0.1, 0.15) is 0 Å². The summed E-state index contributed by atoms with van der Waals surface area (Å²) >= 11 is 4.47. The van der Waals surface area contributed by atoms with Crippen LogP contribution < -0.4 is 51.4 Å². The fraction of sp³-hybridized carbons (Fsp3) is 0. The van der Waals surface area contributed by atoms with Crippen LogP contribution in [0.25, 0.3) is 0 Å². The summed E-state index contributed by atoms with van der Waals surface area (Å²) in [5.41, 5.74) is 0.979. The van der Waals surface area contributed by atoms with E-state index in [1.54, 1.807) is 0 Å². The monoisotopic (exact) mass is 172 g/mol. The van der Waals surface area contributed by atoms with E-state index in [9.17, 15) is 0 Å². The van der Waals surface area contributed by atoms with Crippen molar-refractivity contribution in [3.8, 4) is 11.2 Å². The van der Waals surface area contributed by atoms with Crippen molar-refractivity contribution in [3.05, 3.63) is 35.9 Å². The fourth-order valence-corrected chi connectivity index (χ4v) is 0.698. The van der Waals surface area contributed by atoms with Gasteiger partial charge in [-0.1, -0.05) is 24.1 Å². The molecule has 0 bridgehead atoms. The van der Waals surface area contributed by atoms with E-state index >= 15 is 0 Å². The molecule has 0 N–H and O–H groups in total. The molecule has 0 radical (unpaired) electrons. The van der Waals surface area contributed by atoms with Crippen LogP contribution in [0.2, 0.25) is 0 Å². The van der Waals surface area contributed by atoms with Gasteiger partial charge < -0.3 is 12.6 Å². The van der Waals surface area contributed by atoms with Gasteiger partial charge in [0.05, 0.1) is 0 Å². The van der Waals surface area contributed by atoms with E-state index in [-0.39, 0.29) is 51.4 Å². The maximum atomic E-state index is 4.47. The quantitative estimate of drug-likeness (QED) is 0.262. The van der Waals surface area contributed by atoms with Gasteiger partial charge in [-0.2, -0.15) is 0 Å². The van der Waals surface area contributed by atoms with Gasteiger partial charge in [-0.25, -0.2) is 5.25 Å². The van der Waals surface area contributed by atoms with Crippen LogP contribution in [-0.4, -0.2) is 0 Å². The zero-order chi connectivity index (χ0) is 6.53. The molecule has 0 aliphatic rings. The molecule has 0 spiro atoms. The molecule has 1 aromatic carbocycles. The van der Waals surface area contributed by atoms with E-state index in [1.165, 1.54) is 0 Å². The molecule has 2 heteroatoms. The Morgan fingerprint density at radius 1 is 1.10 bits per heavy atom. The van der Waals surface area contributed by atoms with Gasteiger partial charge in [-0.05, 0) is 12.1 Å². The zero-order valence-corrected chi connectivity index (χ0v) is 9.73. The van der Waals surface area contributed by atoms with Gasteiger partial charge in [-0.15, -0.1) is 0 Å². The summed E-state index contributed by atoms with van der Waals surface area (Å²) in [7, 11) is 0. The third-order valence-electron chi connectivity index (χ3n) is 0.969. The first-order chi connectivity index (χ1) is 4.43. The van der Waals surface area contributed by atoms with Crippen molar-refractivity contribution in [2.24, 2.45) is 0 Å². The van der Waals surface area contributed by atoms with E-state index in [1.807, 2.05) is 30.3 Å². The van der Waals surface area contributed by atoms with Crippen LogP contribution in [0, 0.1) is 11.2 Å². The molecule has 0 atom stereocenters. The minimum absolute atomic E-state index is 0. The topological polar surface area (TPSA) is 0 Å². The number of benzene rings is 1. The summed E-state index contributed by atoms with van der Waals surface area (Å²) in [6.45, 7) is 0. The zero-order valence-electron chi connectivity index (χ0n) is 5.79. The van der Waals surface area contributed by atoms with E-state index in [2.05, 4.69) is 23.8 Å². The van der Waals surface area contributed by atoms with E-state index in [0.29, 0.717) is 0 Å². The van der Waals surface area contributed by atoms with Crippen LogP contribution >= 0.6 is 0 Å². The molecule has 0 saturated carbocycles. The Hall–Kier alpha value is 0.636. The normalized spacial score (nSPS) is 6.80. The molecule has 0 nitrogen and oxygen atoms in total. The molecule has 0 aliphatic carbocycles. The molecule has 1 aromatic rings. The molecule has 44 valence electrons. The fourth-order valence-electron chi connectivity index (χ4n) is 0.580. The predicted octanol–water partition coefficient (Wildman–Crippen LogP) is -1.45. The molecule has 0 fully saturated rings. The van der Waals surface area contributed by atoms with Crippen molar-refractivity contribution in [2.45, 2.75) is 0 Å². The smallest absolute Gasteiger partial charge is 0.724 e. The summed E-state index contributed by atoms with van der Waals surface area (Å²) in [4.78, 5) is 0. The Morgan fingerprint density at radius 3 is 2.20 bits per heavy atom. The Morgan fingerprint density at radius 2 is 1.70 bits per heavy atom. The SMILES string of the molecule is [K+].[S-]C#Cc1ccccc1. The van der Waals surface area contributed by atoms with Crippen LogP contribution in [0.1, 0.15) is 5.56 Å². The van der Waals surface area contributed by atoms with Crippen LogP contribution in [-0.2, 0) is 12.6 Å². The molecule has 0 saturated heterocycles. The molecular weight excluding hydrogens is 167 g/mol. The van der Waals surface area contributed by atoms with Gasteiger partial charge >= 0.3 is 51.4 Å². The Labute approximate surface area is 109 Å². The summed E-state index contributed by atoms with van der Waals surface area (Å²) < 4.78 is 0. The second kappa shape index (κ2) is 6.35. The number of rotatable bonds is 0. The van der Waals surface area contributed by atoms with Crippen molar-refractivity contribution in [3.63, 3.8) is 0 Å². The maximum absolute atomic E-state index is 4.47. The first-order valence-electron chi connectivity index (χ1n) is 2.61. The van der Waals surface area contributed by atoms with Crippen LogP contribution in [0.5, 0.6) is 0 Å². The van der Waals surface area contributed by atoms with Gasteiger partial charge in [0.15, 0.2) is 0 Å². The van der Waals surface area contributed by atoms with Crippen LogP contribution in [0.3, 0.4) is 0 Å². The molecule has 1 rings (SSSR count). The average Bonchev–Trinajstić information content (AvgIpc) is 1.91. The average molecular weight is 172 g/mol. The summed E-state index contributed by atoms with van der Waals surface area (Å²) in [5, 5.41) is 2.42. The Kier molecular flexibility index (Phi) is 6.76. The summed E-state index contributed by atoms with van der Waals surface area (Å²) in [6, 6.07) is 9.69. The van der Waals surface area contributed by atoms with Crippen LogP contribution in [0.4, 0.5) is 0 Å². The van der Waals surface area contributed by atoms with E-state index in [0.717, 1.165) is 5.56 Å². The molecule has 0 amide bonds. The van der Waals surface area contributed by atoms with Crippen molar-refractivity contribution in [2.75, 3.05) is 0 Å². The minimum Gasteiger partial charge on any atom is -0.724 e. The van der Waals surface area contributed by atoms with Crippen LogP contribution in [0.15, 0.2) is 30.3 Å². The Bertz CT molecular complexity index is 232. The number of hydrogen-bond acceptors (Lipinski definition) is 1. The molecule has 0 heterocycles. The Balaban J connectivity index is 0.000000810. The standard InChI is InChI=1S/C8H6S.K/c9-7-6-8-4-2-1-3-5-8;/h1-5,9H;/q;+1/p-1. The second-order valence-electron chi connectivity index (χ2n) is 1.59. The minimum atomic E-state index is 0. The van der Waals surface area contributed by atoms with Crippen molar-refractivity contribution < 1.29 is 51.4 Å². The largest absolute Gasteiger partial charge is 1.00 e. The first kappa shape index (κ1) is 10.6. The van der Waals surface area contributed by atoms with Gasteiger partial charge in [-0.3, -0.25) is 0 Å². The summed E-state index contributed by atoms with van der Waals surface area (Å²) in [5.74, 6) is 2.77. The van der Waals surface area contributed by atoms with Crippen molar-refractivity contribution in [1.82, 2.24) is 0 Å². The van der Waals surface area contributed by atoms with Gasteiger partial charge in [0.25, 0.3) is 0 Å². The van der Waals surface area contributed by atoms with Crippen molar-refractivity contribution >= 4 is 12.6 Å². The van der Waals surface area contributed by atoms with Crippen molar-refractivity contribution in [1.29, 1.82) is 0 Å². The summed E-state index contributed by atoms with van der Waals surface area (Å²) in [6.07, 6.45) is 0. The molecular formula is C8H5KS. The molecule has 0 aromatic heterocycles. The second-order valence-corrected chi connectivity index (χ2v) is 1.80. The third-order valence-corrected chi connectivity index (χ3v) is 1.07. The first-order valence-corrected chi connectivity index (χ1v) is 3.02.